The maximum absolute atomic E-state index is 11.2. The van der Waals surface area contributed by atoms with Gasteiger partial charge in [0.2, 0.25) is 5.95 Å². The maximum atomic E-state index is 11.2. The fourth-order valence-electron chi connectivity index (χ4n) is 1.14. The van der Waals surface area contributed by atoms with Gasteiger partial charge < -0.3 is 4.74 Å². The Hall–Kier alpha value is -2.02. The lowest BCUT2D eigenvalue weighted by Gasteiger charge is -2.02. The van der Waals surface area contributed by atoms with E-state index in [4.69, 9.17) is 0 Å². The van der Waals surface area contributed by atoms with Gasteiger partial charge in [-0.05, 0) is 36.2 Å². The summed E-state index contributed by atoms with van der Waals surface area (Å²) in [5, 5.41) is 6.39. The van der Waals surface area contributed by atoms with Crippen molar-refractivity contribution < 1.29 is 9.53 Å². The van der Waals surface area contributed by atoms with Crippen LogP contribution in [0.3, 0.4) is 0 Å². The summed E-state index contributed by atoms with van der Waals surface area (Å²) < 4.78 is 7.59. The monoisotopic (exact) mass is 250 g/mol. The quantitative estimate of drug-likeness (QED) is 0.635. The van der Waals surface area contributed by atoms with Crippen LogP contribution in [0.15, 0.2) is 35.5 Å². The zero-order chi connectivity index (χ0) is 12.1. The third-order valence-electron chi connectivity index (χ3n) is 1.96. The predicted octanol–water partition coefficient (Wildman–Crippen LogP) is 1.71. The Kier molecular flexibility index (Phi) is 3.61. The number of aromatic nitrogens is 3. The molecule has 1 heterocycles. The number of nitrogens with zero attached hydrogens (tertiary/aromatic N) is 2. The van der Waals surface area contributed by atoms with E-state index in [0.29, 0.717) is 11.5 Å². The number of aromatic amines is 1. The van der Waals surface area contributed by atoms with E-state index < -0.39 is 0 Å². The molecule has 2 rings (SSSR count). The van der Waals surface area contributed by atoms with Crippen LogP contribution in [0.5, 0.6) is 0 Å². The van der Waals surface area contributed by atoms with E-state index in [0.717, 1.165) is 4.90 Å². The van der Waals surface area contributed by atoms with Crippen molar-refractivity contribution in [1.29, 1.82) is 0 Å². The summed E-state index contributed by atoms with van der Waals surface area (Å²) in [7, 11) is 1.36. The van der Waals surface area contributed by atoms with E-state index >= 15 is 0 Å². The number of esters is 1. The first-order valence-corrected chi connectivity index (χ1v) is 5.58. The van der Waals surface area contributed by atoms with Crippen molar-refractivity contribution in [3.63, 3.8) is 0 Å². The molecule has 1 aromatic heterocycles. The lowest BCUT2D eigenvalue weighted by molar-refractivity contribution is 0.0600. The molecule has 0 aliphatic heterocycles. The predicted molar refractivity (Wildman–Crippen MR) is 63.6 cm³/mol. The molecule has 0 saturated carbocycles. The summed E-state index contributed by atoms with van der Waals surface area (Å²) in [5.41, 5.74) is 0.525. The zero-order valence-electron chi connectivity index (χ0n) is 9.01. The molecule has 0 amide bonds. The first-order valence-electron chi connectivity index (χ1n) is 4.76. The second-order valence-electron chi connectivity index (χ2n) is 3.05. The number of carbonyl (C=O) groups is 1. The van der Waals surface area contributed by atoms with Crippen LogP contribution in [0, 0.1) is 0 Å². The first kappa shape index (κ1) is 11.5. The van der Waals surface area contributed by atoms with Gasteiger partial charge in [0, 0.05) is 4.90 Å². The van der Waals surface area contributed by atoms with Gasteiger partial charge in [-0.1, -0.05) is 0 Å². The van der Waals surface area contributed by atoms with Crippen LogP contribution < -0.4 is 4.72 Å². The summed E-state index contributed by atoms with van der Waals surface area (Å²) in [5.74, 6) is 0.233. The minimum Gasteiger partial charge on any atom is -0.465 e. The Morgan fingerprint density at radius 3 is 2.76 bits per heavy atom. The van der Waals surface area contributed by atoms with Crippen LogP contribution in [0.25, 0.3) is 0 Å². The van der Waals surface area contributed by atoms with Crippen molar-refractivity contribution in [2.75, 3.05) is 11.8 Å². The number of hydrogen-bond donors (Lipinski definition) is 2. The molecule has 1 aromatic carbocycles. The Morgan fingerprint density at radius 1 is 1.41 bits per heavy atom. The number of benzene rings is 1. The van der Waals surface area contributed by atoms with Gasteiger partial charge in [-0.15, -0.1) is 0 Å². The SMILES string of the molecule is COC(=O)c1ccc(SNc2ncn[nH]2)cc1. The van der Waals surface area contributed by atoms with Gasteiger partial charge in [0.15, 0.2) is 0 Å². The van der Waals surface area contributed by atoms with E-state index in [1.54, 1.807) is 12.1 Å². The largest absolute Gasteiger partial charge is 0.465 e. The Balaban J connectivity index is 1.96. The van der Waals surface area contributed by atoms with Crippen molar-refractivity contribution in [2.24, 2.45) is 0 Å². The minimum atomic E-state index is -0.343. The second-order valence-corrected chi connectivity index (χ2v) is 3.93. The smallest absolute Gasteiger partial charge is 0.337 e. The van der Waals surface area contributed by atoms with Crippen molar-refractivity contribution in [2.45, 2.75) is 4.90 Å². The molecule has 7 heteroatoms. The van der Waals surface area contributed by atoms with Crippen LogP contribution in [0.2, 0.25) is 0 Å². The molecular weight excluding hydrogens is 240 g/mol. The number of methoxy groups -OCH3 is 1. The molecule has 0 fully saturated rings. The molecule has 0 unspecified atom stereocenters. The van der Waals surface area contributed by atoms with Crippen LogP contribution >= 0.6 is 11.9 Å². The summed E-state index contributed by atoms with van der Waals surface area (Å²) in [6.07, 6.45) is 1.42. The third kappa shape index (κ3) is 2.97. The normalized spacial score (nSPS) is 9.94. The van der Waals surface area contributed by atoms with E-state index in [-0.39, 0.29) is 5.97 Å². The van der Waals surface area contributed by atoms with Crippen LogP contribution in [0.4, 0.5) is 5.95 Å². The van der Waals surface area contributed by atoms with Gasteiger partial charge in [-0.25, -0.2) is 9.89 Å². The Bertz CT molecular complexity index is 484. The van der Waals surface area contributed by atoms with Gasteiger partial charge in [0.25, 0.3) is 0 Å². The molecule has 0 atom stereocenters. The third-order valence-corrected chi connectivity index (χ3v) is 2.76. The Labute approximate surface area is 102 Å². The zero-order valence-corrected chi connectivity index (χ0v) is 9.82. The van der Waals surface area contributed by atoms with Crippen LogP contribution in [-0.2, 0) is 4.74 Å². The summed E-state index contributed by atoms with van der Waals surface area (Å²) in [6.45, 7) is 0. The van der Waals surface area contributed by atoms with Crippen molar-refractivity contribution in [1.82, 2.24) is 15.2 Å². The van der Waals surface area contributed by atoms with Crippen molar-refractivity contribution >= 4 is 23.9 Å². The van der Waals surface area contributed by atoms with Gasteiger partial charge in [-0.2, -0.15) is 10.1 Å². The number of carbonyl (C=O) groups excluding carboxylic acids is 1. The van der Waals surface area contributed by atoms with Crippen LogP contribution in [0.1, 0.15) is 10.4 Å². The molecule has 2 aromatic rings. The highest BCUT2D eigenvalue weighted by atomic mass is 32.2. The van der Waals surface area contributed by atoms with E-state index in [2.05, 4.69) is 24.6 Å². The average Bonchev–Trinajstić information content (AvgIpc) is 2.89. The highest BCUT2D eigenvalue weighted by Crippen LogP contribution is 2.19. The van der Waals surface area contributed by atoms with Gasteiger partial charge in [0.1, 0.15) is 6.33 Å². The molecule has 88 valence electrons. The number of ether oxygens (including phenoxy) is 1. The topological polar surface area (TPSA) is 79.9 Å². The standard InChI is InChI=1S/C10H10N4O2S/c1-16-9(15)7-2-4-8(5-3-7)17-14-10-11-6-12-13-10/h2-6H,1H3,(H2,11,12,13,14). The number of nitrogens with one attached hydrogen (secondary N) is 2. The van der Waals surface area contributed by atoms with Gasteiger partial charge in [-0.3, -0.25) is 4.72 Å². The first-order chi connectivity index (χ1) is 8.29. The van der Waals surface area contributed by atoms with E-state index in [9.17, 15) is 4.79 Å². The fourth-order valence-corrected chi connectivity index (χ4v) is 1.72. The molecule has 0 aliphatic carbocycles. The molecule has 0 saturated heterocycles. The number of hydrogen-bond acceptors (Lipinski definition) is 6. The lowest BCUT2D eigenvalue weighted by Crippen LogP contribution is -2.00. The van der Waals surface area contributed by atoms with Crippen LogP contribution in [-0.4, -0.2) is 28.3 Å². The number of anilines is 1. The molecular formula is C10H10N4O2S. The van der Waals surface area contributed by atoms with E-state index in [1.807, 2.05) is 12.1 Å². The highest BCUT2D eigenvalue weighted by Gasteiger charge is 2.04. The summed E-state index contributed by atoms with van der Waals surface area (Å²) >= 11 is 1.37. The van der Waals surface area contributed by atoms with Crippen molar-refractivity contribution in [3.8, 4) is 0 Å². The summed E-state index contributed by atoms with van der Waals surface area (Å²) in [6, 6.07) is 7.05. The Morgan fingerprint density at radius 2 is 2.18 bits per heavy atom. The maximum Gasteiger partial charge on any atom is 0.337 e. The molecule has 0 radical (unpaired) electrons. The average molecular weight is 250 g/mol. The van der Waals surface area contributed by atoms with Gasteiger partial charge >= 0.3 is 5.97 Å². The fraction of sp³-hybridized carbons (Fsp3) is 0.100. The van der Waals surface area contributed by atoms with E-state index in [1.165, 1.54) is 25.4 Å². The van der Waals surface area contributed by atoms with Crippen molar-refractivity contribution in [3.05, 3.63) is 36.2 Å². The summed E-state index contributed by atoms with van der Waals surface area (Å²) in [4.78, 5) is 16.1. The molecule has 6 nitrogen and oxygen atoms in total. The molecule has 17 heavy (non-hydrogen) atoms. The second kappa shape index (κ2) is 5.35. The van der Waals surface area contributed by atoms with Gasteiger partial charge in [0.05, 0.1) is 12.7 Å². The molecule has 0 aliphatic rings. The number of H-pyrrole nitrogens is 1. The lowest BCUT2D eigenvalue weighted by atomic mass is 10.2. The molecule has 2 N–H and O–H groups in total. The number of rotatable bonds is 4. The molecule has 0 spiro atoms. The highest BCUT2D eigenvalue weighted by molar-refractivity contribution is 8.00. The molecule has 0 bridgehead atoms. The minimum absolute atomic E-state index is 0.343.